The Morgan fingerprint density at radius 3 is 2.75 bits per heavy atom. The Kier molecular flexibility index (Phi) is 5.14. The zero-order valence-corrected chi connectivity index (χ0v) is 13.6. The number of carbonyl (C=O) groups excluding carboxylic acids is 1. The van der Waals surface area contributed by atoms with Gasteiger partial charge in [-0.25, -0.2) is 4.39 Å². The first kappa shape index (κ1) is 16.9. The van der Waals surface area contributed by atoms with Gasteiger partial charge >= 0.3 is 5.97 Å². The average molecular weight is 334 g/mol. The van der Waals surface area contributed by atoms with Gasteiger partial charge in [-0.1, -0.05) is 31.0 Å². The van der Waals surface area contributed by atoms with Crippen molar-refractivity contribution >= 4 is 11.9 Å². The number of carboxylic acid groups (broad SMARTS) is 1. The molecule has 24 heavy (non-hydrogen) atoms. The number of amides is 1. The highest BCUT2D eigenvalue weighted by atomic mass is 19.1. The molecule has 1 aliphatic heterocycles. The number of fused-ring (bicyclic) bond motifs is 1. The molecule has 1 saturated heterocycles. The van der Waals surface area contributed by atoms with E-state index >= 15 is 0 Å². The fourth-order valence-electron chi connectivity index (χ4n) is 4.08. The minimum atomic E-state index is -0.855. The van der Waals surface area contributed by atoms with Crippen molar-refractivity contribution in [2.45, 2.75) is 50.7 Å². The third-order valence-corrected chi connectivity index (χ3v) is 5.27. The van der Waals surface area contributed by atoms with E-state index < -0.39 is 12.0 Å². The van der Waals surface area contributed by atoms with Gasteiger partial charge in [0.25, 0.3) is 0 Å². The molecule has 0 radical (unpaired) electrons. The highest BCUT2D eigenvalue weighted by Gasteiger charge is 2.45. The van der Waals surface area contributed by atoms with Gasteiger partial charge in [0.15, 0.2) is 0 Å². The van der Waals surface area contributed by atoms with Gasteiger partial charge in [-0.3, -0.25) is 14.5 Å². The van der Waals surface area contributed by atoms with Crippen LogP contribution in [0.1, 0.15) is 37.7 Å². The summed E-state index contributed by atoms with van der Waals surface area (Å²) in [6.45, 7) is 0.178. The Bertz CT molecular complexity index is 622. The third kappa shape index (κ3) is 3.59. The predicted molar refractivity (Wildman–Crippen MR) is 86.7 cm³/mol. The van der Waals surface area contributed by atoms with Crippen LogP contribution in [0.3, 0.4) is 0 Å². The summed E-state index contributed by atoms with van der Waals surface area (Å²) in [7, 11) is 0. The lowest BCUT2D eigenvalue weighted by molar-refractivity contribution is -0.143. The molecule has 3 rings (SSSR count). The molecule has 1 aromatic rings. The molecule has 130 valence electrons. The molecule has 1 amide bonds. The quantitative estimate of drug-likeness (QED) is 0.866. The smallest absolute Gasteiger partial charge is 0.320 e. The van der Waals surface area contributed by atoms with Crippen LogP contribution in [-0.4, -0.2) is 40.5 Å². The van der Waals surface area contributed by atoms with Crippen LogP contribution in [0.25, 0.3) is 0 Å². The van der Waals surface area contributed by atoms with Crippen LogP contribution in [0.4, 0.5) is 4.39 Å². The average Bonchev–Trinajstić information content (AvgIpc) is 2.93. The molecule has 0 spiro atoms. The van der Waals surface area contributed by atoms with Crippen molar-refractivity contribution in [1.29, 1.82) is 0 Å². The first-order valence-corrected chi connectivity index (χ1v) is 8.55. The number of aliphatic carboxylic acids is 1. The number of benzene rings is 1. The van der Waals surface area contributed by atoms with Crippen molar-refractivity contribution in [2.75, 3.05) is 6.54 Å². The molecule has 1 aromatic carbocycles. The lowest BCUT2D eigenvalue weighted by Gasteiger charge is -2.32. The molecule has 5 nitrogen and oxygen atoms in total. The lowest BCUT2D eigenvalue weighted by atomic mass is 9.85. The van der Waals surface area contributed by atoms with Crippen LogP contribution < -0.4 is 5.32 Å². The van der Waals surface area contributed by atoms with E-state index in [9.17, 15) is 19.1 Å². The SMILES string of the molecule is O=C(CN1C(C(=O)O)CC2CCCCC21)NCc1ccccc1F. The number of likely N-dealkylation sites (tertiary alicyclic amines) is 1. The van der Waals surface area contributed by atoms with Gasteiger partial charge in [-0.15, -0.1) is 0 Å². The lowest BCUT2D eigenvalue weighted by Crippen LogP contribution is -2.47. The van der Waals surface area contributed by atoms with Crippen LogP contribution in [0.2, 0.25) is 0 Å². The Morgan fingerprint density at radius 1 is 1.25 bits per heavy atom. The molecule has 3 atom stereocenters. The van der Waals surface area contributed by atoms with Crippen LogP contribution in [0, 0.1) is 11.7 Å². The van der Waals surface area contributed by atoms with E-state index in [4.69, 9.17) is 0 Å². The molecule has 1 heterocycles. The van der Waals surface area contributed by atoms with E-state index in [1.165, 1.54) is 6.07 Å². The van der Waals surface area contributed by atoms with Crippen LogP contribution >= 0.6 is 0 Å². The summed E-state index contributed by atoms with van der Waals surface area (Å²) in [5.74, 6) is -1.09. The maximum absolute atomic E-state index is 13.6. The molecule has 3 unspecified atom stereocenters. The normalized spacial score (nSPS) is 26.8. The van der Waals surface area contributed by atoms with Crippen molar-refractivity contribution in [1.82, 2.24) is 10.2 Å². The standard InChI is InChI=1S/C18H23FN2O3/c19-14-7-3-1-6-13(14)10-20-17(22)11-21-15-8-4-2-5-12(15)9-16(21)18(23)24/h1,3,6-7,12,15-16H,2,4-5,8-11H2,(H,20,22)(H,23,24). The molecule has 0 bridgehead atoms. The Balaban J connectivity index is 1.61. The van der Waals surface area contributed by atoms with E-state index in [-0.39, 0.29) is 30.9 Å². The molecule has 2 fully saturated rings. The van der Waals surface area contributed by atoms with Gasteiger partial charge in [0.05, 0.1) is 6.54 Å². The van der Waals surface area contributed by atoms with Crippen molar-refractivity contribution in [3.63, 3.8) is 0 Å². The van der Waals surface area contributed by atoms with E-state index in [0.717, 1.165) is 25.7 Å². The van der Waals surface area contributed by atoms with Gasteiger partial charge < -0.3 is 10.4 Å². The van der Waals surface area contributed by atoms with Gasteiger partial charge in [0, 0.05) is 18.2 Å². The third-order valence-electron chi connectivity index (χ3n) is 5.27. The predicted octanol–water partition coefficient (Wildman–Crippen LogP) is 2.16. The second-order valence-electron chi connectivity index (χ2n) is 6.74. The Morgan fingerprint density at radius 2 is 2.00 bits per heavy atom. The highest BCUT2D eigenvalue weighted by molar-refractivity contribution is 5.80. The second-order valence-corrected chi connectivity index (χ2v) is 6.74. The zero-order valence-electron chi connectivity index (χ0n) is 13.6. The highest BCUT2D eigenvalue weighted by Crippen LogP contribution is 2.39. The number of hydrogen-bond donors (Lipinski definition) is 2. The number of halogens is 1. The molecule has 1 saturated carbocycles. The summed E-state index contributed by atoms with van der Waals surface area (Å²) >= 11 is 0. The second kappa shape index (κ2) is 7.30. The first-order chi connectivity index (χ1) is 11.6. The Labute approximate surface area is 140 Å². The summed E-state index contributed by atoms with van der Waals surface area (Å²) in [5, 5.41) is 12.2. The Hall–Kier alpha value is -1.95. The molecular formula is C18H23FN2O3. The number of carbonyl (C=O) groups is 2. The van der Waals surface area contributed by atoms with Crippen molar-refractivity contribution in [3.8, 4) is 0 Å². The molecule has 6 heteroatoms. The minimum Gasteiger partial charge on any atom is -0.480 e. The molecule has 1 aliphatic carbocycles. The van der Waals surface area contributed by atoms with E-state index in [0.29, 0.717) is 17.9 Å². The minimum absolute atomic E-state index is 0.0621. The van der Waals surface area contributed by atoms with Gasteiger partial charge in [0.1, 0.15) is 11.9 Å². The zero-order chi connectivity index (χ0) is 17.1. The number of rotatable bonds is 5. The van der Waals surface area contributed by atoms with E-state index in [1.54, 1.807) is 18.2 Å². The number of nitrogens with zero attached hydrogens (tertiary/aromatic N) is 1. The van der Waals surface area contributed by atoms with Gasteiger partial charge in [-0.05, 0) is 31.2 Å². The maximum Gasteiger partial charge on any atom is 0.320 e. The fraction of sp³-hybridized carbons (Fsp3) is 0.556. The van der Waals surface area contributed by atoms with Gasteiger partial charge in [0.2, 0.25) is 5.91 Å². The summed E-state index contributed by atoms with van der Waals surface area (Å²) < 4.78 is 13.6. The topological polar surface area (TPSA) is 69.6 Å². The largest absolute Gasteiger partial charge is 0.480 e. The summed E-state index contributed by atoms with van der Waals surface area (Å²) in [4.78, 5) is 25.6. The van der Waals surface area contributed by atoms with E-state index in [2.05, 4.69) is 5.32 Å². The van der Waals surface area contributed by atoms with Crippen LogP contribution in [0.5, 0.6) is 0 Å². The van der Waals surface area contributed by atoms with Crippen LogP contribution in [0.15, 0.2) is 24.3 Å². The molecular weight excluding hydrogens is 311 g/mol. The maximum atomic E-state index is 13.6. The molecule has 2 aliphatic rings. The summed E-state index contributed by atoms with van der Waals surface area (Å²) in [6.07, 6.45) is 4.85. The van der Waals surface area contributed by atoms with Crippen LogP contribution in [-0.2, 0) is 16.1 Å². The monoisotopic (exact) mass is 334 g/mol. The number of hydrogen-bond acceptors (Lipinski definition) is 3. The fourth-order valence-corrected chi connectivity index (χ4v) is 4.08. The summed E-state index contributed by atoms with van der Waals surface area (Å²) in [5.41, 5.74) is 0.428. The van der Waals surface area contributed by atoms with E-state index in [1.807, 2.05) is 4.90 Å². The summed E-state index contributed by atoms with van der Waals surface area (Å²) in [6, 6.07) is 5.90. The van der Waals surface area contributed by atoms with Crippen molar-refractivity contribution in [3.05, 3.63) is 35.6 Å². The number of nitrogens with one attached hydrogen (secondary N) is 1. The van der Waals surface area contributed by atoms with Crippen molar-refractivity contribution in [2.24, 2.45) is 5.92 Å². The first-order valence-electron chi connectivity index (χ1n) is 8.55. The molecule has 2 N–H and O–H groups in total. The number of carboxylic acids is 1. The molecule has 0 aromatic heterocycles. The van der Waals surface area contributed by atoms with Gasteiger partial charge in [-0.2, -0.15) is 0 Å². The van der Waals surface area contributed by atoms with Crippen molar-refractivity contribution < 1.29 is 19.1 Å².